The number of piperazine rings is 1. The van der Waals surface area contributed by atoms with Crippen molar-refractivity contribution in [2.45, 2.75) is 44.6 Å². The fourth-order valence-electron chi connectivity index (χ4n) is 5.32. The Balaban J connectivity index is 1.29. The number of allylic oxidation sites excluding steroid dienone is 2. The predicted octanol–water partition coefficient (Wildman–Crippen LogP) is 3.54. The fourth-order valence-corrected chi connectivity index (χ4v) is 5.32. The second kappa shape index (κ2) is 7.36. The lowest BCUT2D eigenvalue weighted by molar-refractivity contribution is 0.0573. The molecule has 148 valence electrons. The molecule has 5 rings (SSSR count). The van der Waals surface area contributed by atoms with E-state index < -0.39 is 0 Å². The Morgan fingerprint density at radius 3 is 2.54 bits per heavy atom. The van der Waals surface area contributed by atoms with Gasteiger partial charge >= 0.3 is 0 Å². The number of nitrogens with zero attached hydrogens (tertiary/aromatic N) is 4. The maximum absolute atomic E-state index is 13.1. The molecule has 3 heterocycles. The van der Waals surface area contributed by atoms with Crippen molar-refractivity contribution in [2.75, 3.05) is 39.8 Å². The number of benzene rings is 1. The van der Waals surface area contributed by atoms with Crippen LogP contribution >= 0.6 is 0 Å². The van der Waals surface area contributed by atoms with Crippen LogP contribution in [0.25, 0.3) is 5.57 Å². The molecule has 1 aromatic rings. The average molecular weight is 379 g/mol. The second-order valence-corrected chi connectivity index (χ2v) is 8.64. The Bertz CT molecular complexity index is 829. The van der Waals surface area contributed by atoms with Crippen molar-refractivity contribution in [2.24, 2.45) is 4.99 Å². The zero-order valence-corrected chi connectivity index (χ0v) is 16.9. The molecular weight excluding hydrogens is 348 g/mol. The molecule has 5 nitrogen and oxygen atoms in total. The molecule has 0 spiro atoms. The SMILES string of the molecule is CN1CCC/C1=C1/C=Nc2cc(C(=O)N3CCN(C4CCCC4)CC3)ccc21. The van der Waals surface area contributed by atoms with E-state index in [-0.39, 0.29) is 5.91 Å². The highest BCUT2D eigenvalue weighted by Crippen LogP contribution is 2.37. The van der Waals surface area contributed by atoms with Gasteiger partial charge in [-0.25, -0.2) is 0 Å². The highest BCUT2D eigenvalue weighted by atomic mass is 16.2. The van der Waals surface area contributed by atoms with Crippen LogP contribution in [-0.4, -0.2) is 72.6 Å². The van der Waals surface area contributed by atoms with Crippen LogP contribution in [0, 0.1) is 0 Å². The van der Waals surface area contributed by atoms with Crippen molar-refractivity contribution in [3.05, 3.63) is 35.0 Å². The topological polar surface area (TPSA) is 39.2 Å². The van der Waals surface area contributed by atoms with Gasteiger partial charge in [-0.3, -0.25) is 14.7 Å². The molecule has 4 aliphatic rings. The van der Waals surface area contributed by atoms with Crippen LogP contribution in [0.5, 0.6) is 0 Å². The lowest BCUT2D eigenvalue weighted by Crippen LogP contribution is -2.51. The van der Waals surface area contributed by atoms with E-state index in [1.165, 1.54) is 48.9 Å². The van der Waals surface area contributed by atoms with Crippen LogP contribution in [0.15, 0.2) is 28.9 Å². The van der Waals surface area contributed by atoms with Gasteiger partial charge in [0.05, 0.1) is 5.69 Å². The lowest BCUT2D eigenvalue weighted by atomic mass is 10.0. The number of rotatable bonds is 2. The number of hydrogen-bond donors (Lipinski definition) is 0. The van der Waals surface area contributed by atoms with Crippen LogP contribution in [-0.2, 0) is 0 Å². The zero-order chi connectivity index (χ0) is 19.1. The molecule has 0 aromatic heterocycles. The summed E-state index contributed by atoms with van der Waals surface area (Å²) in [7, 11) is 2.16. The first-order valence-corrected chi connectivity index (χ1v) is 10.9. The van der Waals surface area contributed by atoms with Crippen LogP contribution in [0.4, 0.5) is 5.69 Å². The Morgan fingerprint density at radius 2 is 1.82 bits per heavy atom. The summed E-state index contributed by atoms with van der Waals surface area (Å²) in [5.41, 5.74) is 5.50. The van der Waals surface area contributed by atoms with Crippen molar-refractivity contribution in [3.8, 4) is 0 Å². The number of likely N-dealkylation sites (tertiary alicyclic amines) is 1. The monoisotopic (exact) mass is 378 g/mol. The van der Waals surface area contributed by atoms with E-state index in [1.807, 2.05) is 23.2 Å². The van der Waals surface area contributed by atoms with E-state index in [4.69, 9.17) is 0 Å². The Labute approximate surface area is 167 Å². The van der Waals surface area contributed by atoms with Gasteiger partial charge in [-0.05, 0) is 37.8 Å². The van der Waals surface area contributed by atoms with E-state index in [9.17, 15) is 4.79 Å². The van der Waals surface area contributed by atoms with Gasteiger partial charge in [-0.15, -0.1) is 0 Å². The molecule has 1 saturated carbocycles. The zero-order valence-electron chi connectivity index (χ0n) is 16.9. The van der Waals surface area contributed by atoms with Gasteiger partial charge in [-0.2, -0.15) is 0 Å². The van der Waals surface area contributed by atoms with E-state index in [2.05, 4.69) is 27.9 Å². The molecule has 1 aromatic carbocycles. The molecule has 5 heteroatoms. The van der Waals surface area contributed by atoms with Crippen molar-refractivity contribution in [1.29, 1.82) is 0 Å². The number of carbonyl (C=O) groups is 1. The van der Waals surface area contributed by atoms with Gasteiger partial charge in [0.25, 0.3) is 5.91 Å². The molecule has 2 saturated heterocycles. The number of hydrogen-bond acceptors (Lipinski definition) is 4. The third-order valence-electron chi connectivity index (χ3n) is 6.99. The Kier molecular flexibility index (Phi) is 4.71. The van der Waals surface area contributed by atoms with Crippen LogP contribution in [0.1, 0.15) is 54.4 Å². The first-order valence-electron chi connectivity index (χ1n) is 10.9. The number of aliphatic imine (C=N–C) groups is 1. The van der Waals surface area contributed by atoms with Crippen molar-refractivity contribution in [3.63, 3.8) is 0 Å². The highest BCUT2D eigenvalue weighted by molar-refractivity contribution is 6.17. The summed E-state index contributed by atoms with van der Waals surface area (Å²) in [4.78, 5) is 24.6. The fraction of sp³-hybridized carbons (Fsp3) is 0.565. The van der Waals surface area contributed by atoms with Crippen molar-refractivity contribution >= 4 is 23.4 Å². The number of amides is 1. The van der Waals surface area contributed by atoms with Crippen LogP contribution in [0.3, 0.4) is 0 Å². The summed E-state index contributed by atoms with van der Waals surface area (Å²) in [5.74, 6) is 0.156. The largest absolute Gasteiger partial charge is 0.377 e. The molecular formula is C23H30N4O. The summed E-state index contributed by atoms with van der Waals surface area (Å²) in [6.45, 7) is 4.83. The summed E-state index contributed by atoms with van der Waals surface area (Å²) < 4.78 is 0. The molecule has 0 bridgehead atoms. The lowest BCUT2D eigenvalue weighted by Gasteiger charge is -2.38. The third-order valence-corrected chi connectivity index (χ3v) is 6.99. The van der Waals surface area contributed by atoms with E-state index >= 15 is 0 Å². The van der Waals surface area contributed by atoms with E-state index in [0.717, 1.165) is 56.4 Å². The summed E-state index contributed by atoms with van der Waals surface area (Å²) >= 11 is 0. The minimum absolute atomic E-state index is 0.156. The summed E-state index contributed by atoms with van der Waals surface area (Å²) in [6, 6.07) is 6.83. The van der Waals surface area contributed by atoms with Gasteiger partial charge in [0.15, 0.2) is 0 Å². The van der Waals surface area contributed by atoms with Gasteiger partial charge in [0.2, 0.25) is 0 Å². The molecule has 1 amide bonds. The Morgan fingerprint density at radius 1 is 1.04 bits per heavy atom. The summed E-state index contributed by atoms with van der Waals surface area (Å²) in [6.07, 6.45) is 9.72. The molecule has 28 heavy (non-hydrogen) atoms. The molecule has 0 atom stereocenters. The normalized spacial score (nSPS) is 25.8. The van der Waals surface area contributed by atoms with Crippen molar-refractivity contribution in [1.82, 2.24) is 14.7 Å². The first-order chi connectivity index (χ1) is 13.7. The number of fused-ring (bicyclic) bond motifs is 1. The van der Waals surface area contributed by atoms with E-state index in [0.29, 0.717) is 0 Å². The molecule has 3 fully saturated rings. The highest BCUT2D eigenvalue weighted by Gasteiger charge is 2.29. The predicted molar refractivity (Wildman–Crippen MR) is 113 cm³/mol. The van der Waals surface area contributed by atoms with Crippen molar-refractivity contribution < 1.29 is 4.79 Å². The maximum Gasteiger partial charge on any atom is 0.254 e. The molecule has 3 aliphatic heterocycles. The minimum atomic E-state index is 0.156. The third kappa shape index (κ3) is 3.16. The molecule has 0 N–H and O–H groups in total. The summed E-state index contributed by atoms with van der Waals surface area (Å²) in [5, 5.41) is 0. The number of carbonyl (C=O) groups excluding carboxylic acids is 1. The van der Waals surface area contributed by atoms with Gasteiger partial charge in [0, 0.05) is 74.4 Å². The first kappa shape index (κ1) is 17.9. The van der Waals surface area contributed by atoms with Gasteiger partial charge in [-0.1, -0.05) is 18.9 Å². The maximum atomic E-state index is 13.1. The molecule has 0 radical (unpaired) electrons. The van der Waals surface area contributed by atoms with E-state index in [1.54, 1.807) is 0 Å². The second-order valence-electron chi connectivity index (χ2n) is 8.64. The van der Waals surface area contributed by atoms with Crippen LogP contribution < -0.4 is 0 Å². The smallest absolute Gasteiger partial charge is 0.254 e. The van der Waals surface area contributed by atoms with Gasteiger partial charge in [0.1, 0.15) is 0 Å². The quantitative estimate of drug-likeness (QED) is 0.790. The Hall–Kier alpha value is -2.14. The molecule has 0 unspecified atom stereocenters. The van der Waals surface area contributed by atoms with Gasteiger partial charge < -0.3 is 9.80 Å². The minimum Gasteiger partial charge on any atom is -0.377 e. The van der Waals surface area contributed by atoms with Crippen LogP contribution in [0.2, 0.25) is 0 Å². The molecule has 1 aliphatic carbocycles. The standard InChI is InChI=1S/C23H30N4O/c1-25-10-4-7-22(25)20-16-24-21-15-17(8-9-19(20)21)23(28)27-13-11-26(12-14-27)18-5-2-3-6-18/h8-9,15-16,18H,2-7,10-14H2,1H3/b22-20+. The average Bonchev–Trinajstić information content (AvgIpc) is 3.48.